The number of nitrogens with one attached hydrogen (secondary N) is 1. The first kappa shape index (κ1) is 15.0. The fraction of sp³-hybridized carbons (Fsp3) is 0.533. The van der Waals surface area contributed by atoms with E-state index in [0.29, 0.717) is 13.0 Å². The first-order valence-electron chi connectivity index (χ1n) is 6.93. The van der Waals surface area contributed by atoms with E-state index in [2.05, 4.69) is 5.32 Å². The summed E-state index contributed by atoms with van der Waals surface area (Å²) in [6.07, 6.45) is 0.267. The molecule has 1 heterocycles. The van der Waals surface area contributed by atoms with Crippen LogP contribution in [-0.2, 0) is 9.53 Å². The van der Waals surface area contributed by atoms with E-state index < -0.39 is 11.5 Å². The van der Waals surface area contributed by atoms with Crippen LogP contribution < -0.4 is 11.1 Å². The summed E-state index contributed by atoms with van der Waals surface area (Å²) in [6, 6.07) is 9.42. The lowest BCUT2D eigenvalue weighted by Crippen LogP contribution is -2.49. The van der Waals surface area contributed by atoms with Crippen LogP contribution in [0, 0.1) is 0 Å². The minimum atomic E-state index is -0.981. The molecule has 110 valence electrons. The van der Waals surface area contributed by atoms with E-state index in [0.717, 1.165) is 5.56 Å². The van der Waals surface area contributed by atoms with Gasteiger partial charge in [0.2, 0.25) is 5.91 Å². The molecule has 0 spiro atoms. The highest BCUT2D eigenvalue weighted by Crippen LogP contribution is 2.25. The van der Waals surface area contributed by atoms with Crippen LogP contribution in [0.5, 0.6) is 0 Å². The number of carbonyl (C=O) groups excluding carboxylic acids is 1. The normalized spacial score (nSPS) is 27.2. The predicted molar refractivity (Wildman–Crippen MR) is 76.2 cm³/mol. The minimum Gasteiger partial charge on any atom is -0.385 e. The van der Waals surface area contributed by atoms with Crippen molar-refractivity contribution in [3.8, 4) is 0 Å². The van der Waals surface area contributed by atoms with Crippen LogP contribution >= 0.6 is 0 Å². The van der Waals surface area contributed by atoms with Crippen LogP contribution in [0.15, 0.2) is 30.3 Å². The largest absolute Gasteiger partial charge is 0.385 e. The number of benzene rings is 1. The quantitative estimate of drug-likeness (QED) is 0.727. The summed E-state index contributed by atoms with van der Waals surface area (Å²) in [6.45, 7) is 2.76. The first-order valence-corrected chi connectivity index (χ1v) is 6.93. The molecule has 1 fully saturated rings. The molecule has 4 N–H and O–H groups in total. The van der Waals surface area contributed by atoms with Gasteiger partial charge in [-0.05, 0) is 12.5 Å². The van der Waals surface area contributed by atoms with Crippen molar-refractivity contribution in [2.75, 3.05) is 19.7 Å². The van der Waals surface area contributed by atoms with Crippen molar-refractivity contribution in [3.05, 3.63) is 35.9 Å². The Morgan fingerprint density at radius 1 is 1.55 bits per heavy atom. The second-order valence-corrected chi connectivity index (χ2v) is 5.28. The Kier molecular flexibility index (Phi) is 4.75. The van der Waals surface area contributed by atoms with Crippen LogP contribution in [0.2, 0.25) is 0 Å². The highest BCUT2D eigenvalue weighted by atomic mass is 16.5. The molecule has 0 aliphatic carbocycles. The summed E-state index contributed by atoms with van der Waals surface area (Å²) < 4.78 is 5.35. The van der Waals surface area contributed by atoms with Gasteiger partial charge in [0.05, 0.1) is 12.0 Å². The number of hydrogen-bond acceptors (Lipinski definition) is 4. The molecule has 0 radical (unpaired) electrons. The van der Waals surface area contributed by atoms with E-state index >= 15 is 0 Å². The zero-order chi connectivity index (χ0) is 14.6. The summed E-state index contributed by atoms with van der Waals surface area (Å²) in [5.74, 6) is -0.552. The molecule has 1 aromatic carbocycles. The summed E-state index contributed by atoms with van der Waals surface area (Å²) in [7, 11) is 0. The Balaban J connectivity index is 1.97. The molecule has 0 bridgehead atoms. The highest BCUT2D eigenvalue weighted by Gasteiger charge is 2.40. The van der Waals surface area contributed by atoms with Gasteiger partial charge in [0.15, 0.2) is 0 Å². The minimum absolute atomic E-state index is 0.161. The Bertz CT molecular complexity index is 452. The molecule has 2 rings (SSSR count). The second-order valence-electron chi connectivity index (χ2n) is 5.28. The van der Waals surface area contributed by atoms with E-state index in [1.165, 1.54) is 0 Å². The van der Waals surface area contributed by atoms with Crippen LogP contribution in [-0.4, -0.2) is 42.4 Å². The molecule has 1 amide bonds. The van der Waals surface area contributed by atoms with Gasteiger partial charge in [-0.15, -0.1) is 0 Å². The number of carbonyl (C=O) groups is 1. The number of hydrogen-bond donors (Lipinski definition) is 3. The Morgan fingerprint density at radius 2 is 2.25 bits per heavy atom. The number of ether oxygens (including phenoxy) is 1. The highest BCUT2D eigenvalue weighted by molar-refractivity contribution is 5.84. The van der Waals surface area contributed by atoms with Gasteiger partial charge in [0, 0.05) is 26.1 Å². The third-order valence-corrected chi connectivity index (χ3v) is 3.98. The van der Waals surface area contributed by atoms with Crippen molar-refractivity contribution < 1.29 is 14.6 Å². The molecule has 0 saturated carbocycles. The van der Waals surface area contributed by atoms with E-state index in [1.807, 2.05) is 37.3 Å². The van der Waals surface area contributed by atoms with Crippen molar-refractivity contribution in [1.82, 2.24) is 5.32 Å². The van der Waals surface area contributed by atoms with Crippen LogP contribution in [0.1, 0.15) is 24.8 Å². The molecule has 3 atom stereocenters. The van der Waals surface area contributed by atoms with E-state index in [-0.39, 0.29) is 25.1 Å². The lowest BCUT2D eigenvalue weighted by Gasteiger charge is -2.27. The van der Waals surface area contributed by atoms with Crippen LogP contribution in [0.25, 0.3) is 0 Å². The van der Waals surface area contributed by atoms with Gasteiger partial charge in [-0.1, -0.05) is 30.3 Å². The molecule has 5 heteroatoms. The third kappa shape index (κ3) is 3.17. The summed E-state index contributed by atoms with van der Waals surface area (Å²) in [4.78, 5) is 12.2. The summed E-state index contributed by atoms with van der Waals surface area (Å²) >= 11 is 0. The van der Waals surface area contributed by atoms with E-state index in [4.69, 9.17) is 10.5 Å². The maximum absolute atomic E-state index is 12.2. The first-order chi connectivity index (χ1) is 9.57. The average molecular weight is 278 g/mol. The summed E-state index contributed by atoms with van der Waals surface area (Å²) in [5, 5.41) is 13.2. The molecular formula is C15H22N2O3. The molecule has 0 aromatic heterocycles. The summed E-state index contributed by atoms with van der Waals surface area (Å²) in [5.41, 5.74) is 5.61. The Labute approximate surface area is 119 Å². The fourth-order valence-corrected chi connectivity index (χ4v) is 2.45. The van der Waals surface area contributed by atoms with Crippen LogP contribution in [0.4, 0.5) is 0 Å². The molecule has 1 aliphatic heterocycles. The van der Waals surface area contributed by atoms with Gasteiger partial charge < -0.3 is 20.9 Å². The number of rotatable bonds is 5. The Morgan fingerprint density at radius 3 is 2.80 bits per heavy atom. The lowest BCUT2D eigenvalue weighted by molar-refractivity contribution is -0.124. The average Bonchev–Trinajstić information content (AvgIpc) is 2.79. The van der Waals surface area contributed by atoms with Gasteiger partial charge in [-0.2, -0.15) is 0 Å². The molecular weight excluding hydrogens is 256 g/mol. The zero-order valence-electron chi connectivity index (χ0n) is 11.7. The van der Waals surface area contributed by atoms with Gasteiger partial charge >= 0.3 is 0 Å². The SMILES string of the molecule is CC1OCCC1(O)CNC(=O)C(CN)c1ccccc1. The third-order valence-electron chi connectivity index (χ3n) is 3.98. The predicted octanol–water partition coefficient (Wildman–Crippen LogP) is 0.385. The fourth-order valence-electron chi connectivity index (χ4n) is 2.45. The topological polar surface area (TPSA) is 84.6 Å². The second kappa shape index (κ2) is 6.35. The van der Waals surface area contributed by atoms with Crippen molar-refractivity contribution in [2.45, 2.75) is 31.0 Å². The maximum Gasteiger partial charge on any atom is 0.228 e. The van der Waals surface area contributed by atoms with Gasteiger partial charge in [-0.25, -0.2) is 0 Å². The Hall–Kier alpha value is -1.43. The lowest BCUT2D eigenvalue weighted by atomic mass is 9.95. The van der Waals surface area contributed by atoms with Gasteiger partial charge in [-0.3, -0.25) is 4.79 Å². The van der Waals surface area contributed by atoms with Crippen molar-refractivity contribution in [2.24, 2.45) is 5.73 Å². The molecule has 20 heavy (non-hydrogen) atoms. The zero-order valence-corrected chi connectivity index (χ0v) is 11.7. The smallest absolute Gasteiger partial charge is 0.228 e. The number of nitrogens with two attached hydrogens (primary N) is 1. The van der Waals surface area contributed by atoms with Crippen LogP contribution in [0.3, 0.4) is 0 Å². The number of aliphatic hydroxyl groups is 1. The van der Waals surface area contributed by atoms with Crippen molar-refractivity contribution in [3.63, 3.8) is 0 Å². The molecule has 3 unspecified atom stereocenters. The molecule has 1 aliphatic rings. The van der Waals surface area contributed by atoms with E-state index in [1.54, 1.807) is 0 Å². The standard InChI is InChI=1S/C15H22N2O3/c1-11-15(19,7-8-20-11)10-17-14(18)13(9-16)12-5-3-2-4-6-12/h2-6,11,13,19H,7-10,16H2,1H3,(H,17,18). The van der Waals surface area contributed by atoms with E-state index in [9.17, 15) is 9.90 Å². The molecule has 5 nitrogen and oxygen atoms in total. The van der Waals surface area contributed by atoms with Crippen molar-refractivity contribution in [1.29, 1.82) is 0 Å². The molecule has 1 aromatic rings. The monoisotopic (exact) mass is 278 g/mol. The van der Waals surface area contributed by atoms with Gasteiger partial charge in [0.25, 0.3) is 0 Å². The van der Waals surface area contributed by atoms with Gasteiger partial charge in [0.1, 0.15) is 5.60 Å². The molecule has 1 saturated heterocycles. The van der Waals surface area contributed by atoms with Crippen molar-refractivity contribution >= 4 is 5.91 Å². The number of amides is 1. The maximum atomic E-state index is 12.2.